The van der Waals surface area contributed by atoms with Gasteiger partial charge in [0.05, 0.1) is 12.6 Å². The van der Waals surface area contributed by atoms with Crippen molar-refractivity contribution in [3.8, 4) is 5.75 Å². The zero-order chi connectivity index (χ0) is 13.0. The monoisotopic (exact) mass is 246 g/mol. The first-order valence-electron chi connectivity index (χ1n) is 6.51. The smallest absolute Gasteiger partial charge is 0.142 e. The third-order valence-corrected chi connectivity index (χ3v) is 3.43. The number of rotatable bonds is 1. The van der Waals surface area contributed by atoms with Crippen LogP contribution in [0, 0.1) is 6.92 Å². The van der Waals surface area contributed by atoms with Crippen molar-refractivity contribution in [3.63, 3.8) is 0 Å². The number of aromatic nitrogens is 1. The number of hydrogen-bond donors (Lipinski definition) is 1. The second-order valence-corrected chi connectivity index (χ2v) is 4.86. The molecule has 2 aromatic rings. The van der Waals surface area contributed by atoms with Crippen molar-refractivity contribution in [2.24, 2.45) is 0 Å². The van der Waals surface area contributed by atoms with Crippen molar-refractivity contribution in [1.29, 1.82) is 0 Å². The number of benzene rings is 1. The van der Waals surface area contributed by atoms with Crippen LogP contribution in [0.1, 0.15) is 18.4 Å². The van der Waals surface area contributed by atoms with Crippen molar-refractivity contribution in [2.45, 2.75) is 19.8 Å². The number of fused-ring (bicyclic) bond motifs is 1. The normalized spacial score (nSPS) is 15.5. The van der Waals surface area contributed by atoms with Crippen LogP contribution in [0.4, 0.5) is 0 Å². The van der Waals surface area contributed by atoms with Gasteiger partial charge in [-0.2, -0.15) is 0 Å². The second kappa shape index (κ2) is 5.91. The molecule has 3 heteroatoms. The lowest BCUT2D eigenvalue weighted by atomic mass is 10.2. The molecular weight excluding hydrogens is 224 g/mol. The Hall–Kier alpha value is -1.48. The number of aromatic amines is 1. The van der Waals surface area contributed by atoms with Gasteiger partial charge in [0.2, 0.25) is 0 Å². The molecule has 1 fully saturated rings. The molecule has 1 aromatic heterocycles. The number of likely N-dealkylation sites (tertiary alicyclic amines) is 1. The maximum atomic E-state index is 5.21. The topological polar surface area (TPSA) is 28.3 Å². The van der Waals surface area contributed by atoms with E-state index in [-0.39, 0.29) is 0 Å². The number of aryl methyl sites for hydroxylation is 1. The average Bonchev–Trinajstić information content (AvgIpc) is 3.00. The molecule has 1 aliphatic heterocycles. The summed E-state index contributed by atoms with van der Waals surface area (Å²) >= 11 is 0. The Bertz CT molecular complexity index is 498. The SMILES string of the molecule is CN1CCCC1.COc1cccc2c(C)c[nH]c12. The number of para-hydroxylation sites is 1. The van der Waals surface area contributed by atoms with Crippen molar-refractivity contribution in [3.05, 3.63) is 30.0 Å². The van der Waals surface area contributed by atoms with Crippen molar-refractivity contribution in [1.82, 2.24) is 9.88 Å². The van der Waals surface area contributed by atoms with Crippen LogP contribution >= 0.6 is 0 Å². The molecule has 2 heterocycles. The molecule has 18 heavy (non-hydrogen) atoms. The highest BCUT2D eigenvalue weighted by Crippen LogP contribution is 2.25. The van der Waals surface area contributed by atoms with Gasteiger partial charge in [0, 0.05) is 11.6 Å². The van der Waals surface area contributed by atoms with Crippen LogP contribution in [0.15, 0.2) is 24.4 Å². The number of ether oxygens (including phenoxy) is 1. The van der Waals surface area contributed by atoms with Gasteiger partial charge < -0.3 is 14.6 Å². The molecule has 0 bridgehead atoms. The van der Waals surface area contributed by atoms with E-state index in [2.05, 4.69) is 29.9 Å². The van der Waals surface area contributed by atoms with Crippen LogP contribution in [0.25, 0.3) is 10.9 Å². The van der Waals surface area contributed by atoms with Crippen LogP contribution in [-0.4, -0.2) is 37.1 Å². The van der Waals surface area contributed by atoms with Crippen molar-refractivity contribution >= 4 is 10.9 Å². The molecule has 1 saturated heterocycles. The van der Waals surface area contributed by atoms with E-state index in [1.165, 1.54) is 36.9 Å². The molecule has 0 atom stereocenters. The van der Waals surface area contributed by atoms with Crippen LogP contribution in [0.2, 0.25) is 0 Å². The number of H-pyrrole nitrogens is 1. The largest absolute Gasteiger partial charge is 0.495 e. The molecule has 0 unspecified atom stereocenters. The number of hydrogen-bond acceptors (Lipinski definition) is 2. The highest BCUT2D eigenvalue weighted by molar-refractivity contribution is 5.88. The molecule has 3 nitrogen and oxygen atoms in total. The van der Waals surface area contributed by atoms with Gasteiger partial charge in [-0.15, -0.1) is 0 Å². The molecule has 0 amide bonds. The van der Waals surface area contributed by atoms with Crippen molar-refractivity contribution < 1.29 is 4.74 Å². The predicted octanol–water partition coefficient (Wildman–Crippen LogP) is 3.20. The third kappa shape index (κ3) is 2.85. The van der Waals surface area contributed by atoms with Crippen LogP contribution in [0.3, 0.4) is 0 Å². The Morgan fingerprint density at radius 2 is 1.94 bits per heavy atom. The van der Waals surface area contributed by atoms with Gasteiger partial charge in [-0.3, -0.25) is 0 Å². The van der Waals surface area contributed by atoms with Gasteiger partial charge >= 0.3 is 0 Å². The molecule has 0 saturated carbocycles. The van der Waals surface area contributed by atoms with E-state index >= 15 is 0 Å². The molecule has 1 aliphatic rings. The molecule has 3 rings (SSSR count). The summed E-state index contributed by atoms with van der Waals surface area (Å²) in [4.78, 5) is 5.54. The Kier molecular flexibility index (Phi) is 4.26. The van der Waals surface area contributed by atoms with E-state index in [1.807, 2.05) is 18.3 Å². The lowest BCUT2D eigenvalue weighted by molar-refractivity contribution is 0.418. The molecular formula is C15H22N2O. The minimum atomic E-state index is 0.903. The second-order valence-electron chi connectivity index (χ2n) is 4.86. The molecule has 0 aliphatic carbocycles. The minimum Gasteiger partial charge on any atom is -0.495 e. The Balaban J connectivity index is 0.000000169. The maximum Gasteiger partial charge on any atom is 0.142 e. The standard InChI is InChI=1S/C10H11NO.C5H11N/c1-7-6-11-10-8(7)4-3-5-9(10)12-2;1-6-4-2-3-5-6/h3-6,11H,1-2H3;2-5H2,1H3. The van der Waals surface area contributed by atoms with E-state index in [1.54, 1.807) is 7.11 Å². The zero-order valence-corrected chi connectivity index (χ0v) is 11.5. The van der Waals surface area contributed by atoms with Crippen LogP contribution < -0.4 is 4.74 Å². The summed E-state index contributed by atoms with van der Waals surface area (Å²) < 4.78 is 5.21. The van der Waals surface area contributed by atoms with E-state index < -0.39 is 0 Å². The van der Waals surface area contributed by atoms with Gasteiger partial charge in [0.1, 0.15) is 5.75 Å². The summed E-state index contributed by atoms with van der Waals surface area (Å²) in [5, 5.41) is 1.23. The highest BCUT2D eigenvalue weighted by atomic mass is 16.5. The molecule has 98 valence electrons. The molecule has 0 radical (unpaired) electrons. The van der Waals surface area contributed by atoms with E-state index in [0.29, 0.717) is 0 Å². The van der Waals surface area contributed by atoms with Gasteiger partial charge in [-0.1, -0.05) is 12.1 Å². The van der Waals surface area contributed by atoms with Gasteiger partial charge in [-0.05, 0) is 51.5 Å². The summed E-state index contributed by atoms with van der Waals surface area (Å²) in [6, 6.07) is 6.05. The van der Waals surface area contributed by atoms with E-state index in [4.69, 9.17) is 4.74 Å². The van der Waals surface area contributed by atoms with E-state index in [0.717, 1.165) is 11.3 Å². The average molecular weight is 246 g/mol. The first-order valence-corrected chi connectivity index (χ1v) is 6.51. The quantitative estimate of drug-likeness (QED) is 0.837. The van der Waals surface area contributed by atoms with Crippen LogP contribution in [0.5, 0.6) is 5.75 Å². The Labute approximate surface area is 109 Å². The molecule has 1 N–H and O–H groups in total. The van der Waals surface area contributed by atoms with Crippen LogP contribution in [-0.2, 0) is 0 Å². The summed E-state index contributed by atoms with van der Waals surface area (Å²) in [7, 11) is 3.86. The van der Waals surface area contributed by atoms with E-state index in [9.17, 15) is 0 Å². The Morgan fingerprint density at radius 1 is 1.22 bits per heavy atom. The number of nitrogens with one attached hydrogen (secondary N) is 1. The fourth-order valence-electron chi connectivity index (χ4n) is 2.31. The third-order valence-electron chi connectivity index (χ3n) is 3.43. The Morgan fingerprint density at radius 3 is 2.50 bits per heavy atom. The first kappa shape index (κ1) is 13.0. The van der Waals surface area contributed by atoms with Crippen molar-refractivity contribution in [2.75, 3.05) is 27.2 Å². The molecule has 1 aromatic carbocycles. The number of methoxy groups -OCH3 is 1. The fraction of sp³-hybridized carbons (Fsp3) is 0.467. The lowest BCUT2D eigenvalue weighted by Gasteiger charge is -2.01. The summed E-state index contributed by atoms with van der Waals surface area (Å²) in [5.74, 6) is 0.903. The van der Waals surface area contributed by atoms with Gasteiger partial charge in [0.25, 0.3) is 0 Å². The highest BCUT2D eigenvalue weighted by Gasteiger charge is 2.03. The summed E-state index contributed by atoms with van der Waals surface area (Å²) in [6.45, 7) is 4.72. The first-order chi connectivity index (χ1) is 8.72. The maximum absolute atomic E-state index is 5.21. The van der Waals surface area contributed by atoms with Gasteiger partial charge in [-0.25, -0.2) is 0 Å². The minimum absolute atomic E-state index is 0.903. The number of nitrogens with zero attached hydrogens (tertiary/aromatic N) is 1. The predicted molar refractivity (Wildman–Crippen MR) is 76.3 cm³/mol. The lowest BCUT2D eigenvalue weighted by Crippen LogP contribution is -2.10. The van der Waals surface area contributed by atoms with Gasteiger partial charge in [0.15, 0.2) is 0 Å². The summed E-state index contributed by atoms with van der Waals surface area (Å²) in [5.41, 5.74) is 2.33. The fourth-order valence-corrected chi connectivity index (χ4v) is 2.31. The molecule has 0 spiro atoms. The summed E-state index contributed by atoms with van der Waals surface area (Å²) in [6.07, 6.45) is 4.82. The zero-order valence-electron chi connectivity index (χ0n) is 11.5.